The first-order chi connectivity index (χ1) is 8.08. The third kappa shape index (κ3) is 3.93. The quantitative estimate of drug-likeness (QED) is 0.787. The van der Waals surface area contributed by atoms with Gasteiger partial charge in [-0.2, -0.15) is 0 Å². The molecule has 0 aromatic heterocycles. The lowest BCUT2D eigenvalue weighted by Gasteiger charge is -2.13. The maximum absolute atomic E-state index is 10.7. The van der Waals surface area contributed by atoms with E-state index in [1.165, 1.54) is 0 Å². The SMILES string of the molecule is [CH2]C(C[SH](=O)=O)c1ccc(OC)c(OCC)c1. The van der Waals surface area contributed by atoms with Crippen molar-refractivity contribution in [3.8, 4) is 11.5 Å². The van der Waals surface area contributed by atoms with Crippen LogP contribution < -0.4 is 9.47 Å². The summed E-state index contributed by atoms with van der Waals surface area (Å²) in [6.07, 6.45) is 0. The molecule has 1 aromatic carbocycles. The molecule has 0 N–H and O–H groups in total. The van der Waals surface area contributed by atoms with Crippen LogP contribution in [0.5, 0.6) is 11.5 Å². The molecule has 4 nitrogen and oxygen atoms in total. The van der Waals surface area contributed by atoms with Crippen LogP contribution in [-0.4, -0.2) is 27.9 Å². The fraction of sp³-hybridized carbons (Fsp3) is 0.417. The zero-order valence-electron chi connectivity index (χ0n) is 10.0. The van der Waals surface area contributed by atoms with Gasteiger partial charge in [-0.1, -0.05) is 6.07 Å². The Labute approximate surface area is 104 Å². The van der Waals surface area contributed by atoms with Crippen molar-refractivity contribution in [2.24, 2.45) is 0 Å². The minimum absolute atomic E-state index is 0.0349. The Balaban J connectivity index is 2.98. The predicted molar refractivity (Wildman–Crippen MR) is 67.4 cm³/mol. The van der Waals surface area contributed by atoms with Gasteiger partial charge in [-0.15, -0.1) is 0 Å². The van der Waals surface area contributed by atoms with Gasteiger partial charge < -0.3 is 9.47 Å². The number of benzene rings is 1. The Morgan fingerprint density at radius 3 is 2.59 bits per heavy atom. The number of thiol groups is 1. The maximum Gasteiger partial charge on any atom is 0.161 e. The molecule has 1 radical (unpaired) electrons. The van der Waals surface area contributed by atoms with Crippen molar-refractivity contribution < 1.29 is 17.9 Å². The lowest BCUT2D eigenvalue weighted by atomic mass is 10.0. The monoisotopic (exact) mass is 257 g/mol. The summed E-state index contributed by atoms with van der Waals surface area (Å²) in [5, 5.41) is 0. The Morgan fingerprint density at radius 1 is 1.35 bits per heavy atom. The van der Waals surface area contributed by atoms with E-state index in [1.54, 1.807) is 25.3 Å². The Hall–Kier alpha value is -1.23. The minimum Gasteiger partial charge on any atom is -0.493 e. The first-order valence-electron chi connectivity index (χ1n) is 5.34. The van der Waals surface area contributed by atoms with Crippen LogP contribution in [0.3, 0.4) is 0 Å². The van der Waals surface area contributed by atoms with Crippen LogP contribution in [0.1, 0.15) is 18.4 Å². The Bertz CT molecular complexity index is 432. The summed E-state index contributed by atoms with van der Waals surface area (Å²) < 4.78 is 31.9. The summed E-state index contributed by atoms with van der Waals surface area (Å²) in [6.45, 7) is 6.23. The van der Waals surface area contributed by atoms with Crippen molar-refractivity contribution in [1.29, 1.82) is 0 Å². The van der Waals surface area contributed by atoms with E-state index in [0.717, 1.165) is 5.56 Å². The lowest BCUT2D eigenvalue weighted by Crippen LogP contribution is -2.03. The second kappa shape index (κ2) is 6.49. The fourth-order valence-corrected chi connectivity index (χ4v) is 2.07. The largest absolute Gasteiger partial charge is 0.493 e. The highest BCUT2D eigenvalue weighted by molar-refractivity contribution is 7.72. The molecule has 0 saturated heterocycles. The molecule has 0 heterocycles. The average molecular weight is 257 g/mol. The van der Waals surface area contributed by atoms with E-state index in [1.807, 2.05) is 6.92 Å². The lowest BCUT2D eigenvalue weighted by molar-refractivity contribution is 0.310. The molecule has 0 aliphatic rings. The van der Waals surface area contributed by atoms with Gasteiger partial charge in [0.25, 0.3) is 0 Å². The van der Waals surface area contributed by atoms with Crippen LogP contribution in [0, 0.1) is 6.92 Å². The average Bonchev–Trinajstić information content (AvgIpc) is 2.28. The van der Waals surface area contributed by atoms with E-state index in [-0.39, 0.29) is 11.7 Å². The van der Waals surface area contributed by atoms with Gasteiger partial charge in [0.1, 0.15) is 10.7 Å². The van der Waals surface area contributed by atoms with Gasteiger partial charge in [0, 0.05) is 0 Å². The molecule has 0 bridgehead atoms. The zero-order valence-corrected chi connectivity index (χ0v) is 10.9. The maximum atomic E-state index is 10.7. The highest BCUT2D eigenvalue weighted by Crippen LogP contribution is 2.30. The van der Waals surface area contributed by atoms with Gasteiger partial charge in [-0.05, 0) is 37.5 Å². The molecule has 95 valence electrons. The van der Waals surface area contributed by atoms with E-state index < -0.39 is 10.7 Å². The second-order valence-electron chi connectivity index (χ2n) is 3.56. The summed E-state index contributed by atoms with van der Waals surface area (Å²) in [4.78, 5) is 0. The van der Waals surface area contributed by atoms with E-state index in [4.69, 9.17) is 9.47 Å². The van der Waals surface area contributed by atoms with Crippen LogP contribution >= 0.6 is 0 Å². The van der Waals surface area contributed by atoms with Crippen LogP contribution in [0.2, 0.25) is 0 Å². The fourth-order valence-electron chi connectivity index (χ4n) is 1.50. The summed E-state index contributed by atoms with van der Waals surface area (Å²) in [5.41, 5.74) is 0.827. The van der Waals surface area contributed by atoms with Gasteiger partial charge in [-0.3, -0.25) is 0 Å². The van der Waals surface area contributed by atoms with Crippen molar-refractivity contribution in [2.75, 3.05) is 19.5 Å². The van der Waals surface area contributed by atoms with Crippen molar-refractivity contribution in [1.82, 2.24) is 0 Å². The third-order valence-corrected chi connectivity index (χ3v) is 3.07. The molecule has 0 amide bonds. The summed E-state index contributed by atoms with van der Waals surface area (Å²) >= 11 is 0. The molecule has 5 heteroatoms. The number of hydrogen-bond donors (Lipinski definition) is 1. The van der Waals surface area contributed by atoms with Crippen LogP contribution in [0.15, 0.2) is 18.2 Å². The highest BCUT2D eigenvalue weighted by atomic mass is 32.2. The minimum atomic E-state index is -2.43. The predicted octanol–water partition coefficient (Wildman–Crippen LogP) is 1.62. The van der Waals surface area contributed by atoms with Crippen molar-refractivity contribution in [3.05, 3.63) is 30.7 Å². The Kier molecular flexibility index (Phi) is 5.28. The smallest absolute Gasteiger partial charge is 0.161 e. The Morgan fingerprint density at radius 2 is 2.06 bits per heavy atom. The van der Waals surface area contributed by atoms with Crippen LogP contribution in [0.4, 0.5) is 0 Å². The topological polar surface area (TPSA) is 52.6 Å². The van der Waals surface area contributed by atoms with Gasteiger partial charge in [0.05, 0.1) is 19.5 Å². The van der Waals surface area contributed by atoms with E-state index in [9.17, 15) is 8.42 Å². The van der Waals surface area contributed by atoms with Crippen molar-refractivity contribution in [3.63, 3.8) is 0 Å². The first-order valence-corrected chi connectivity index (χ1v) is 6.70. The van der Waals surface area contributed by atoms with Gasteiger partial charge >= 0.3 is 0 Å². The molecule has 0 spiro atoms. The summed E-state index contributed by atoms with van der Waals surface area (Å²) in [5.74, 6) is 0.991. The molecule has 1 rings (SSSR count). The molecule has 1 unspecified atom stereocenters. The van der Waals surface area contributed by atoms with Crippen molar-refractivity contribution in [2.45, 2.75) is 12.8 Å². The third-order valence-electron chi connectivity index (χ3n) is 2.33. The van der Waals surface area contributed by atoms with E-state index >= 15 is 0 Å². The molecule has 0 aliphatic carbocycles. The molecular formula is C12H17O4S. The van der Waals surface area contributed by atoms with E-state index in [0.29, 0.717) is 18.1 Å². The number of methoxy groups -OCH3 is 1. The van der Waals surface area contributed by atoms with E-state index in [2.05, 4.69) is 6.92 Å². The molecular weight excluding hydrogens is 240 g/mol. The molecule has 0 saturated carbocycles. The molecule has 1 atom stereocenters. The van der Waals surface area contributed by atoms with Gasteiger partial charge in [-0.25, -0.2) is 8.42 Å². The standard InChI is InChI=1S/C12H17O4S/c1-4-16-12-7-10(5-6-11(12)15-3)9(2)8-17(13)14/h5-7,9,17H,2,4,8H2,1,3H3. The normalized spacial score (nSPS) is 12.5. The van der Waals surface area contributed by atoms with Crippen molar-refractivity contribution >= 4 is 10.7 Å². The number of ether oxygens (including phenoxy) is 2. The van der Waals surface area contributed by atoms with Crippen LogP contribution in [0.25, 0.3) is 0 Å². The zero-order chi connectivity index (χ0) is 12.8. The number of hydrogen-bond acceptors (Lipinski definition) is 4. The van der Waals surface area contributed by atoms with Gasteiger partial charge in [0.15, 0.2) is 11.5 Å². The summed E-state index contributed by atoms with van der Waals surface area (Å²) in [7, 11) is -0.864. The van der Waals surface area contributed by atoms with Gasteiger partial charge in [0.2, 0.25) is 0 Å². The first kappa shape index (κ1) is 13.8. The molecule has 0 fully saturated rings. The molecule has 0 aliphatic heterocycles. The van der Waals surface area contributed by atoms with Crippen LogP contribution in [-0.2, 0) is 10.7 Å². The summed E-state index contributed by atoms with van der Waals surface area (Å²) in [6, 6.07) is 5.34. The second-order valence-corrected chi connectivity index (χ2v) is 4.59. The molecule has 1 aromatic rings. The number of rotatable bonds is 6. The highest BCUT2D eigenvalue weighted by Gasteiger charge is 2.11. The molecule has 17 heavy (non-hydrogen) atoms.